The summed E-state index contributed by atoms with van der Waals surface area (Å²) < 4.78 is 0. The monoisotopic (exact) mass is 458 g/mol. The molecule has 1 fully saturated rings. The predicted molar refractivity (Wildman–Crippen MR) is 142 cm³/mol. The minimum atomic E-state index is -0.815. The first-order valence-electron chi connectivity index (χ1n) is 12.1. The molecular formula is C30H38N2O2. The van der Waals surface area contributed by atoms with Gasteiger partial charge in [0.2, 0.25) is 0 Å². The van der Waals surface area contributed by atoms with Crippen molar-refractivity contribution < 1.29 is 9.90 Å². The predicted octanol–water partition coefficient (Wildman–Crippen LogP) is 6.35. The zero-order valence-corrected chi connectivity index (χ0v) is 21.5. The quantitative estimate of drug-likeness (QED) is 0.531. The molecule has 1 N–H and O–H groups in total. The number of rotatable bonds is 5. The Hall–Kier alpha value is -2.98. The number of carbonyl (C=O) groups is 1. The normalized spacial score (nSPS) is 19.8. The minimum absolute atomic E-state index is 0.0272. The number of nitrogens with zero attached hydrogens (tertiary/aromatic N) is 2. The average Bonchev–Trinajstić information content (AvgIpc) is 2.78. The molecule has 0 saturated carbocycles. The van der Waals surface area contributed by atoms with Crippen LogP contribution >= 0.6 is 0 Å². The summed E-state index contributed by atoms with van der Waals surface area (Å²) in [4.78, 5) is 19.4. The highest BCUT2D eigenvalue weighted by Gasteiger charge is 2.31. The van der Waals surface area contributed by atoms with Crippen molar-refractivity contribution in [2.45, 2.75) is 65.4 Å². The van der Waals surface area contributed by atoms with Crippen LogP contribution in [-0.2, 0) is 5.41 Å². The zero-order chi connectivity index (χ0) is 25.1. The van der Waals surface area contributed by atoms with Crippen LogP contribution in [0.15, 0.2) is 61.3 Å². The van der Waals surface area contributed by atoms with Crippen LogP contribution < -0.4 is 0 Å². The number of hydrogen-bond donors (Lipinski definition) is 1. The summed E-state index contributed by atoms with van der Waals surface area (Å²) in [6.07, 6.45) is 9.51. The summed E-state index contributed by atoms with van der Waals surface area (Å²) in [5.41, 5.74) is 6.13. The molecule has 0 radical (unpaired) electrons. The summed E-state index contributed by atoms with van der Waals surface area (Å²) in [7, 11) is 0. The number of allylic oxidation sites excluding steroid dienone is 5. The molecule has 1 saturated heterocycles. The number of pyridine rings is 1. The summed E-state index contributed by atoms with van der Waals surface area (Å²) in [6.45, 7) is 17.5. The highest BCUT2D eigenvalue weighted by molar-refractivity contribution is 5.96. The van der Waals surface area contributed by atoms with Gasteiger partial charge in [-0.25, -0.2) is 0 Å². The summed E-state index contributed by atoms with van der Waals surface area (Å²) in [6, 6.07) is 10.00. The number of β-amino-alcohol motifs (C(OH)–C–C–N with tert-alkyl or cyclic N) is 1. The molecule has 34 heavy (non-hydrogen) atoms. The van der Waals surface area contributed by atoms with Crippen molar-refractivity contribution in [3.8, 4) is 0 Å². The Labute approximate surface area is 204 Å². The first-order chi connectivity index (χ1) is 15.9. The van der Waals surface area contributed by atoms with Gasteiger partial charge in [0.05, 0.1) is 5.60 Å². The van der Waals surface area contributed by atoms with E-state index in [-0.39, 0.29) is 11.3 Å². The van der Waals surface area contributed by atoms with Crippen molar-refractivity contribution in [2.75, 3.05) is 13.1 Å². The maximum Gasteiger partial charge on any atom is 0.253 e. The molecule has 0 spiro atoms. The van der Waals surface area contributed by atoms with Gasteiger partial charge in [-0.1, -0.05) is 45.6 Å². The van der Waals surface area contributed by atoms with E-state index in [1.54, 1.807) is 11.8 Å². The Morgan fingerprint density at radius 1 is 1.18 bits per heavy atom. The van der Waals surface area contributed by atoms with E-state index in [4.69, 9.17) is 0 Å². The number of benzene rings is 1. The number of aromatic nitrogens is 1. The number of amides is 1. The van der Waals surface area contributed by atoms with Crippen LogP contribution in [0, 0.1) is 6.92 Å². The first-order valence-corrected chi connectivity index (χ1v) is 12.1. The summed E-state index contributed by atoms with van der Waals surface area (Å²) >= 11 is 0. The largest absolute Gasteiger partial charge is 0.388 e. The Balaban J connectivity index is 1.91. The van der Waals surface area contributed by atoms with Crippen LogP contribution in [0.1, 0.15) is 80.2 Å². The maximum absolute atomic E-state index is 13.1. The molecule has 1 aromatic carbocycles. The van der Waals surface area contributed by atoms with Crippen molar-refractivity contribution >= 4 is 17.1 Å². The lowest BCUT2D eigenvalue weighted by molar-refractivity contribution is -0.0107. The Morgan fingerprint density at radius 2 is 1.91 bits per heavy atom. The molecular weight excluding hydrogens is 420 g/mol. The molecule has 1 amide bonds. The van der Waals surface area contributed by atoms with Crippen LogP contribution in [0.5, 0.6) is 0 Å². The number of likely N-dealkylation sites (tertiary alicyclic amines) is 1. The van der Waals surface area contributed by atoms with Crippen molar-refractivity contribution in [3.05, 3.63) is 89.3 Å². The molecule has 0 bridgehead atoms. The number of piperidine rings is 1. The fourth-order valence-electron chi connectivity index (χ4n) is 4.46. The Kier molecular flexibility index (Phi) is 7.62. The molecule has 1 atom stereocenters. The standard InChI is InChI=1S/C30H38N2O2/c1-8-22(24-13-15-31-27(19-24)29(4,5)6)18-23(9-2)26-12-11-25(17-21(26)3)28(33)32-16-10-14-30(7,34)20-32/h8-9,11-13,15,17-19,34H,2,10,14,16,20H2,1,3-7H3/b22-8+,23-18+. The molecule has 180 valence electrons. The molecule has 1 aliphatic heterocycles. The Bertz CT molecular complexity index is 1130. The molecule has 1 aliphatic rings. The topological polar surface area (TPSA) is 53.4 Å². The first kappa shape index (κ1) is 25.6. The lowest BCUT2D eigenvalue weighted by Gasteiger charge is -2.37. The fourth-order valence-corrected chi connectivity index (χ4v) is 4.46. The second-order valence-corrected chi connectivity index (χ2v) is 10.6. The van der Waals surface area contributed by atoms with Gasteiger partial charge in [-0.05, 0) is 91.8 Å². The fraction of sp³-hybridized carbons (Fsp3) is 0.400. The van der Waals surface area contributed by atoms with Gasteiger partial charge in [-0.2, -0.15) is 0 Å². The van der Waals surface area contributed by atoms with Crippen LogP contribution in [0.4, 0.5) is 0 Å². The maximum atomic E-state index is 13.1. The van der Waals surface area contributed by atoms with Crippen molar-refractivity contribution in [1.82, 2.24) is 9.88 Å². The van der Waals surface area contributed by atoms with E-state index in [1.165, 1.54) is 0 Å². The van der Waals surface area contributed by atoms with Crippen LogP contribution in [0.25, 0.3) is 11.1 Å². The number of hydrogen-bond acceptors (Lipinski definition) is 3. The van der Waals surface area contributed by atoms with E-state index < -0.39 is 5.60 Å². The van der Waals surface area contributed by atoms with Gasteiger partial charge in [0.25, 0.3) is 5.91 Å². The van der Waals surface area contributed by atoms with Gasteiger partial charge in [0.1, 0.15) is 0 Å². The van der Waals surface area contributed by atoms with Gasteiger partial charge < -0.3 is 10.0 Å². The number of aliphatic hydroxyl groups is 1. The third kappa shape index (κ3) is 5.92. The third-order valence-corrected chi connectivity index (χ3v) is 6.45. The van der Waals surface area contributed by atoms with E-state index in [9.17, 15) is 9.90 Å². The van der Waals surface area contributed by atoms with Gasteiger partial charge in [0, 0.05) is 36.0 Å². The second-order valence-electron chi connectivity index (χ2n) is 10.6. The summed E-state index contributed by atoms with van der Waals surface area (Å²) in [5, 5.41) is 10.4. The molecule has 4 nitrogen and oxygen atoms in total. The average molecular weight is 459 g/mol. The smallest absolute Gasteiger partial charge is 0.253 e. The van der Waals surface area contributed by atoms with Crippen LogP contribution in [0.3, 0.4) is 0 Å². The van der Waals surface area contributed by atoms with Gasteiger partial charge >= 0.3 is 0 Å². The SMILES string of the molecule is C=C/C(=C\C(=C/C)c1ccnc(C(C)(C)C)c1)c1ccc(C(=O)N2CCCC(C)(O)C2)cc1C. The van der Waals surface area contributed by atoms with Gasteiger partial charge in [0.15, 0.2) is 0 Å². The van der Waals surface area contributed by atoms with E-state index in [2.05, 4.69) is 50.6 Å². The molecule has 2 heterocycles. The second kappa shape index (κ2) is 10.1. The molecule has 0 aliphatic carbocycles. The number of aryl methyl sites for hydroxylation is 1. The Morgan fingerprint density at radius 3 is 2.50 bits per heavy atom. The lowest BCUT2D eigenvalue weighted by atomic mass is 9.89. The van der Waals surface area contributed by atoms with E-state index >= 15 is 0 Å². The third-order valence-electron chi connectivity index (χ3n) is 6.45. The highest BCUT2D eigenvalue weighted by atomic mass is 16.3. The molecule has 4 heteroatoms. The molecule has 2 aromatic rings. The van der Waals surface area contributed by atoms with Gasteiger partial charge in [-0.15, -0.1) is 0 Å². The van der Waals surface area contributed by atoms with Crippen LogP contribution in [0.2, 0.25) is 0 Å². The minimum Gasteiger partial charge on any atom is -0.388 e. The van der Waals surface area contributed by atoms with E-state index in [0.29, 0.717) is 18.7 Å². The van der Waals surface area contributed by atoms with Crippen molar-refractivity contribution in [3.63, 3.8) is 0 Å². The van der Waals surface area contributed by atoms with E-state index in [0.717, 1.165) is 46.4 Å². The zero-order valence-electron chi connectivity index (χ0n) is 21.5. The van der Waals surface area contributed by atoms with Gasteiger partial charge in [-0.3, -0.25) is 9.78 Å². The van der Waals surface area contributed by atoms with Crippen molar-refractivity contribution in [2.24, 2.45) is 0 Å². The molecule has 1 unspecified atom stereocenters. The van der Waals surface area contributed by atoms with Crippen LogP contribution in [-0.4, -0.2) is 39.6 Å². The highest BCUT2D eigenvalue weighted by Crippen LogP contribution is 2.29. The lowest BCUT2D eigenvalue weighted by Crippen LogP contribution is -2.48. The molecule has 1 aromatic heterocycles. The summed E-state index contributed by atoms with van der Waals surface area (Å²) in [5.74, 6) is -0.0283. The van der Waals surface area contributed by atoms with Crippen molar-refractivity contribution in [1.29, 1.82) is 0 Å². The molecule has 3 rings (SSSR count). The van der Waals surface area contributed by atoms with E-state index in [1.807, 2.05) is 50.4 Å². The number of carbonyl (C=O) groups excluding carboxylic acids is 1.